The van der Waals surface area contributed by atoms with E-state index in [0.717, 1.165) is 5.56 Å². The molecule has 0 fully saturated rings. The smallest absolute Gasteiger partial charge is 0.344 e. The molecule has 0 spiro atoms. The summed E-state index contributed by atoms with van der Waals surface area (Å²) in [5.74, 6) is -0.957. The zero-order valence-electron chi connectivity index (χ0n) is 13.6. The molecule has 26 heavy (non-hydrogen) atoms. The van der Waals surface area contributed by atoms with Crippen molar-refractivity contribution in [1.82, 2.24) is 5.32 Å². The van der Waals surface area contributed by atoms with Crippen LogP contribution in [0.2, 0.25) is 5.02 Å². The molecule has 138 valence electrons. The summed E-state index contributed by atoms with van der Waals surface area (Å²) in [6.07, 6.45) is 0.549. The van der Waals surface area contributed by atoms with Crippen LogP contribution in [0.1, 0.15) is 5.56 Å². The lowest BCUT2D eigenvalue weighted by atomic mass is 10.1. The molecule has 0 aliphatic heterocycles. The fourth-order valence-corrected chi connectivity index (χ4v) is 2.76. The van der Waals surface area contributed by atoms with Crippen LogP contribution in [0, 0.1) is 5.82 Å². The molecule has 0 saturated heterocycles. The third-order valence-electron chi connectivity index (χ3n) is 3.25. The van der Waals surface area contributed by atoms with Gasteiger partial charge in [-0.05, 0) is 58.2 Å². The molecule has 2 aromatic rings. The fourth-order valence-electron chi connectivity index (χ4n) is 1.97. The first-order chi connectivity index (χ1) is 12.4. The first-order valence-corrected chi connectivity index (χ1v) is 8.86. The van der Waals surface area contributed by atoms with Gasteiger partial charge < -0.3 is 14.8 Å². The molecule has 2 aromatic carbocycles. The first kappa shape index (κ1) is 20.2. The average Bonchev–Trinajstić information content (AvgIpc) is 2.61. The molecule has 5 nitrogen and oxygen atoms in total. The topological polar surface area (TPSA) is 64.6 Å². The van der Waals surface area contributed by atoms with Crippen LogP contribution in [0.4, 0.5) is 4.39 Å². The lowest BCUT2D eigenvalue weighted by Crippen LogP contribution is -2.31. The van der Waals surface area contributed by atoms with Crippen LogP contribution in [-0.2, 0) is 20.7 Å². The monoisotopic (exact) mass is 443 g/mol. The summed E-state index contributed by atoms with van der Waals surface area (Å²) >= 11 is 9.08. The molecule has 8 heteroatoms. The molecule has 2 rings (SSSR count). The SMILES string of the molecule is O=C(COC(=O)COc1ccc(Cl)cc1Br)NCCc1ccc(F)cc1. The minimum Gasteiger partial charge on any atom is -0.481 e. The van der Waals surface area contributed by atoms with Crippen molar-refractivity contribution in [1.29, 1.82) is 0 Å². The Balaban J connectivity index is 1.63. The Kier molecular flexibility index (Phi) is 7.87. The maximum absolute atomic E-state index is 12.8. The van der Waals surface area contributed by atoms with Gasteiger partial charge in [0.2, 0.25) is 0 Å². The lowest BCUT2D eigenvalue weighted by Gasteiger charge is -2.09. The van der Waals surface area contributed by atoms with Gasteiger partial charge in [-0.3, -0.25) is 4.79 Å². The third kappa shape index (κ3) is 7.01. The third-order valence-corrected chi connectivity index (χ3v) is 4.11. The van der Waals surface area contributed by atoms with Gasteiger partial charge in [-0.25, -0.2) is 9.18 Å². The van der Waals surface area contributed by atoms with Crippen molar-refractivity contribution in [3.8, 4) is 5.75 Å². The van der Waals surface area contributed by atoms with Gasteiger partial charge in [0.25, 0.3) is 5.91 Å². The lowest BCUT2D eigenvalue weighted by molar-refractivity contribution is -0.150. The Morgan fingerprint density at radius 3 is 2.54 bits per heavy atom. The number of nitrogens with one attached hydrogen (secondary N) is 1. The highest BCUT2D eigenvalue weighted by Crippen LogP contribution is 2.27. The van der Waals surface area contributed by atoms with E-state index in [4.69, 9.17) is 21.1 Å². The van der Waals surface area contributed by atoms with E-state index >= 15 is 0 Å². The van der Waals surface area contributed by atoms with Crippen LogP contribution in [-0.4, -0.2) is 31.6 Å². The molecule has 0 aromatic heterocycles. The molecular weight excluding hydrogens is 429 g/mol. The molecule has 0 aliphatic carbocycles. The highest BCUT2D eigenvalue weighted by molar-refractivity contribution is 9.10. The Labute approximate surface area is 163 Å². The minimum absolute atomic E-state index is 0.308. The zero-order chi connectivity index (χ0) is 18.9. The number of esters is 1. The maximum atomic E-state index is 12.8. The largest absolute Gasteiger partial charge is 0.481 e. The van der Waals surface area contributed by atoms with Gasteiger partial charge in [0, 0.05) is 11.6 Å². The Hall–Kier alpha value is -2.12. The van der Waals surface area contributed by atoms with E-state index in [2.05, 4.69) is 21.2 Å². The maximum Gasteiger partial charge on any atom is 0.344 e. The quantitative estimate of drug-likeness (QED) is 0.633. The van der Waals surface area contributed by atoms with E-state index in [-0.39, 0.29) is 12.4 Å². The number of amides is 1. The molecule has 0 heterocycles. The van der Waals surface area contributed by atoms with E-state index in [1.807, 2.05) is 0 Å². The van der Waals surface area contributed by atoms with Gasteiger partial charge in [0.1, 0.15) is 11.6 Å². The van der Waals surface area contributed by atoms with Crippen LogP contribution in [0.25, 0.3) is 0 Å². The number of carbonyl (C=O) groups excluding carboxylic acids is 2. The normalized spacial score (nSPS) is 10.3. The number of rotatable bonds is 8. The summed E-state index contributed by atoms with van der Waals surface area (Å²) in [5.41, 5.74) is 0.894. The highest BCUT2D eigenvalue weighted by atomic mass is 79.9. The van der Waals surface area contributed by atoms with Crippen LogP contribution in [0.15, 0.2) is 46.9 Å². The van der Waals surface area contributed by atoms with E-state index < -0.39 is 18.5 Å². The van der Waals surface area contributed by atoms with Gasteiger partial charge in [0.05, 0.1) is 4.47 Å². The first-order valence-electron chi connectivity index (χ1n) is 7.68. The highest BCUT2D eigenvalue weighted by Gasteiger charge is 2.10. The van der Waals surface area contributed by atoms with Gasteiger partial charge >= 0.3 is 5.97 Å². The summed E-state index contributed by atoms with van der Waals surface area (Å²) < 4.78 is 23.5. The molecule has 0 aliphatic rings. The fraction of sp³-hybridized carbons (Fsp3) is 0.222. The number of benzene rings is 2. The Bertz CT molecular complexity index is 770. The molecule has 0 radical (unpaired) electrons. The van der Waals surface area contributed by atoms with Crippen LogP contribution >= 0.6 is 27.5 Å². The van der Waals surface area contributed by atoms with Gasteiger partial charge in [0.15, 0.2) is 13.2 Å². The van der Waals surface area contributed by atoms with Crippen molar-refractivity contribution in [2.45, 2.75) is 6.42 Å². The predicted molar refractivity (Wildman–Crippen MR) is 98.7 cm³/mol. The van der Waals surface area contributed by atoms with E-state index in [9.17, 15) is 14.0 Å². The van der Waals surface area contributed by atoms with Crippen molar-refractivity contribution < 1.29 is 23.5 Å². The van der Waals surface area contributed by atoms with Crippen LogP contribution in [0.3, 0.4) is 0 Å². The van der Waals surface area contributed by atoms with Crippen molar-refractivity contribution in [2.75, 3.05) is 19.8 Å². The molecule has 1 amide bonds. The number of carbonyl (C=O) groups is 2. The average molecular weight is 445 g/mol. The molecule has 0 saturated carbocycles. The molecule has 1 N–H and O–H groups in total. The number of ether oxygens (including phenoxy) is 2. The summed E-state index contributed by atoms with van der Waals surface area (Å²) in [4.78, 5) is 23.3. The summed E-state index contributed by atoms with van der Waals surface area (Å²) in [7, 11) is 0. The second-order valence-corrected chi connectivity index (χ2v) is 6.54. The summed E-state index contributed by atoms with van der Waals surface area (Å²) in [6.45, 7) is -0.368. The Morgan fingerprint density at radius 2 is 1.85 bits per heavy atom. The number of halogens is 3. The Morgan fingerprint density at radius 1 is 1.12 bits per heavy atom. The van der Waals surface area contributed by atoms with Crippen LogP contribution in [0.5, 0.6) is 5.75 Å². The second-order valence-electron chi connectivity index (χ2n) is 5.25. The predicted octanol–water partition coefficient (Wildman–Crippen LogP) is 3.52. The van der Waals surface area contributed by atoms with Crippen molar-refractivity contribution >= 4 is 39.4 Å². The molecule has 0 bridgehead atoms. The summed E-state index contributed by atoms with van der Waals surface area (Å²) in [6, 6.07) is 10.9. The zero-order valence-corrected chi connectivity index (χ0v) is 16.0. The van der Waals surface area contributed by atoms with Crippen molar-refractivity contribution in [3.63, 3.8) is 0 Å². The molecule has 0 unspecified atom stereocenters. The summed E-state index contributed by atoms with van der Waals surface area (Å²) in [5, 5.41) is 3.15. The standard InChI is InChI=1S/C18H16BrClFNO4/c19-15-9-13(20)3-6-16(15)25-11-18(24)26-10-17(23)22-8-7-12-1-4-14(21)5-2-12/h1-6,9H,7-8,10-11H2,(H,22,23). The second kappa shape index (κ2) is 10.1. The van der Waals surface area contributed by atoms with Crippen molar-refractivity contribution in [3.05, 3.63) is 63.3 Å². The molecule has 0 atom stereocenters. The number of hydrogen-bond acceptors (Lipinski definition) is 4. The van der Waals surface area contributed by atoms with Gasteiger partial charge in [-0.2, -0.15) is 0 Å². The van der Waals surface area contributed by atoms with E-state index in [0.29, 0.717) is 28.2 Å². The van der Waals surface area contributed by atoms with Gasteiger partial charge in [-0.15, -0.1) is 0 Å². The molecular formula is C18H16BrClFNO4. The van der Waals surface area contributed by atoms with Gasteiger partial charge in [-0.1, -0.05) is 23.7 Å². The van der Waals surface area contributed by atoms with E-state index in [1.165, 1.54) is 12.1 Å². The van der Waals surface area contributed by atoms with Crippen LogP contribution < -0.4 is 10.1 Å². The van der Waals surface area contributed by atoms with Crippen molar-refractivity contribution in [2.24, 2.45) is 0 Å². The minimum atomic E-state index is -0.666. The number of hydrogen-bond donors (Lipinski definition) is 1. The van der Waals surface area contributed by atoms with E-state index in [1.54, 1.807) is 30.3 Å².